The third kappa shape index (κ3) is 3.10. The minimum absolute atomic E-state index is 0.295. The highest BCUT2D eigenvalue weighted by molar-refractivity contribution is 5.63. The van der Waals surface area contributed by atoms with Gasteiger partial charge in [0.25, 0.3) is 0 Å². The number of carbonyl (C=O) groups excluding carboxylic acids is 1. The summed E-state index contributed by atoms with van der Waals surface area (Å²) in [5, 5.41) is 10.6. The number of alkyl halides is 3. The van der Waals surface area contributed by atoms with Gasteiger partial charge in [0.15, 0.2) is 0 Å². The number of hydrogen-bond donors (Lipinski definition) is 0. The largest absolute Gasteiger partial charge is 0.530 e. The fourth-order valence-electron chi connectivity index (χ4n) is 2.01. The SMILES string of the molecule is O=C([O-])N1CCN(c2ccc(C(F)(F)F)cc2)CC1. The number of amides is 1. The van der Waals surface area contributed by atoms with Crippen molar-refractivity contribution in [2.45, 2.75) is 6.18 Å². The average molecular weight is 273 g/mol. The van der Waals surface area contributed by atoms with Gasteiger partial charge >= 0.3 is 6.18 Å². The number of halogens is 3. The molecule has 0 aromatic heterocycles. The minimum atomic E-state index is -4.34. The van der Waals surface area contributed by atoms with Gasteiger partial charge in [0.2, 0.25) is 0 Å². The Hall–Kier alpha value is -1.92. The third-order valence-electron chi connectivity index (χ3n) is 3.10. The number of piperazine rings is 1. The van der Waals surface area contributed by atoms with Crippen molar-refractivity contribution in [3.8, 4) is 0 Å². The minimum Gasteiger partial charge on any atom is -0.530 e. The van der Waals surface area contributed by atoms with Gasteiger partial charge in [0, 0.05) is 31.9 Å². The van der Waals surface area contributed by atoms with Gasteiger partial charge in [-0.05, 0) is 24.3 Å². The molecule has 104 valence electrons. The molecule has 0 atom stereocenters. The first-order valence-electron chi connectivity index (χ1n) is 5.76. The quantitative estimate of drug-likeness (QED) is 0.771. The lowest BCUT2D eigenvalue weighted by Gasteiger charge is -2.37. The fourth-order valence-corrected chi connectivity index (χ4v) is 2.01. The van der Waals surface area contributed by atoms with E-state index in [1.807, 2.05) is 4.90 Å². The number of benzene rings is 1. The van der Waals surface area contributed by atoms with E-state index in [0.717, 1.165) is 12.1 Å². The van der Waals surface area contributed by atoms with Crippen molar-refractivity contribution in [1.29, 1.82) is 0 Å². The van der Waals surface area contributed by atoms with Gasteiger partial charge in [-0.2, -0.15) is 13.2 Å². The van der Waals surface area contributed by atoms with Gasteiger partial charge < -0.3 is 19.7 Å². The van der Waals surface area contributed by atoms with Crippen LogP contribution in [0.25, 0.3) is 0 Å². The Morgan fingerprint density at radius 3 is 2.00 bits per heavy atom. The number of hydrogen-bond acceptors (Lipinski definition) is 3. The molecule has 7 heteroatoms. The van der Waals surface area contributed by atoms with Crippen molar-refractivity contribution in [2.24, 2.45) is 0 Å². The molecule has 1 saturated heterocycles. The zero-order chi connectivity index (χ0) is 14.0. The molecule has 0 N–H and O–H groups in total. The zero-order valence-corrected chi connectivity index (χ0v) is 9.98. The molecule has 0 spiro atoms. The molecule has 1 aromatic rings. The number of anilines is 1. The third-order valence-corrected chi connectivity index (χ3v) is 3.10. The van der Waals surface area contributed by atoms with Crippen molar-refractivity contribution >= 4 is 11.8 Å². The monoisotopic (exact) mass is 273 g/mol. The van der Waals surface area contributed by atoms with Crippen molar-refractivity contribution in [3.63, 3.8) is 0 Å². The number of carbonyl (C=O) groups is 1. The van der Waals surface area contributed by atoms with Crippen LogP contribution in [-0.2, 0) is 6.18 Å². The molecule has 0 unspecified atom stereocenters. The molecule has 4 nitrogen and oxygen atoms in total. The van der Waals surface area contributed by atoms with E-state index in [2.05, 4.69) is 0 Å². The zero-order valence-electron chi connectivity index (χ0n) is 9.98. The summed E-state index contributed by atoms with van der Waals surface area (Å²) < 4.78 is 37.2. The Morgan fingerprint density at radius 2 is 1.58 bits per heavy atom. The lowest BCUT2D eigenvalue weighted by Crippen LogP contribution is -2.52. The maximum absolute atomic E-state index is 12.4. The van der Waals surface area contributed by atoms with Crippen LogP contribution in [0.3, 0.4) is 0 Å². The average Bonchev–Trinajstić information content (AvgIpc) is 2.38. The Kier molecular flexibility index (Phi) is 3.55. The summed E-state index contributed by atoms with van der Waals surface area (Å²) in [7, 11) is 0. The molecule has 1 aliphatic rings. The van der Waals surface area contributed by atoms with Crippen molar-refractivity contribution < 1.29 is 23.1 Å². The molecule has 1 heterocycles. The first-order chi connectivity index (χ1) is 8.88. The maximum atomic E-state index is 12.4. The first-order valence-corrected chi connectivity index (χ1v) is 5.76. The van der Waals surface area contributed by atoms with Crippen LogP contribution in [0.5, 0.6) is 0 Å². The molecular weight excluding hydrogens is 261 g/mol. The molecule has 0 saturated carbocycles. The van der Waals surface area contributed by atoms with E-state index in [9.17, 15) is 23.1 Å². The Morgan fingerprint density at radius 1 is 1.05 bits per heavy atom. The van der Waals surface area contributed by atoms with Crippen LogP contribution in [0.2, 0.25) is 0 Å². The predicted molar refractivity (Wildman–Crippen MR) is 60.6 cm³/mol. The summed E-state index contributed by atoms with van der Waals surface area (Å²) in [5.74, 6) is 0. The van der Waals surface area contributed by atoms with Crippen LogP contribution in [0.1, 0.15) is 5.56 Å². The van der Waals surface area contributed by atoms with E-state index < -0.39 is 17.8 Å². The van der Waals surface area contributed by atoms with Gasteiger partial charge in [-0.1, -0.05) is 0 Å². The lowest BCUT2D eigenvalue weighted by atomic mass is 10.1. The summed E-state index contributed by atoms with van der Waals surface area (Å²) in [6.45, 7) is 1.48. The molecular formula is C12H12F3N2O2-. The second kappa shape index (κ2) is 4.99. The Balaban J connectivity index is 2.02. The standard InChI is InChI=1S/C12H13F3N2O2/c13-12(14,15)9-1-3-10(4-2-9)16-5-7-17(8-6-16)11(18)19/h1-4H,5-8H2,(H,18,19)/p-1. The number of carboxylic acid groups (broad SMARTS) is 1. The maximum Gasteiger partial charge on any atom is 0.416 e. The van der Waals surface area contributed by atoms with Gasteiger partial charge in [-0.25, -0.2) is 0 Å². The number of rotatable bonds is 1. The Labute approximate surface area is 108 Å². The van der Waals surface area contributed by atoms with Crippen LogP contribution < -0.4 is 10.0 Å². The predicted octanol–water partition coefficient (Wildman–Crippen LogP) is 1.17. The van der Waals surface area contributed by atoms with Crippen molar-refractivity contribution in [1.82, 2.24) is 4.90 Å². The van der Waals surface area contributed by atoms with Gasteiger partial charge in [0.1, 0.15) is 6.09 Å². The van der Waals surface area contributed by atoms with Crippen molar-refractivity contribution in [3.05, 3.63) is 29.8 Å². The first kappa shape index (κ1) is 13.5. The molecule has 1 aliphatic heterocycles. The van der Waals surface area contributed by atoms with E-state index in [1.54, 1.807) is 0 Å². The molecule has 2 rings (SSSR count). The van der Waals surface area contributed by atoms with E-state index in [1.165, 1.54) is 17.0 Å². The summed E-state index contributed by atoms with van der Waals surface area (Å²) in [5.41, 5.74) is -0.0318. The van der Waals surface area contributed by atoms with Gasteiger partial charge in [0.05, 0.1) is 5.56 Å². The highest BCUT2D eigenvalue weighted by Crippen LogP contribution is 2.30. The smallest absolute Gasteiger partial charge is 0.416 e. The van der Waals surface area contributed by atoms with Crippen LogP contribution in [-0.4, -0.2) is 37.2 Å². The number of nitrogens with zero attached hydrogens (tertiary/aromatic N) is 2. The highest BCUT2D eigenvalue weighted by atomic mass is 19.4. The molecule has 19 heavy (non-hydrogen) atoms. The van der Waals surface area contributed by atoms with Crippen LogP contribution >= 0.6 is 0 Å². The Bertz CT molecular complexity index is 451. The highest BCUT2D eigenvalue weighted by Gasteiger charge is 2.30. The van der Waals surface area contributed by atoms with E-state index in [4.69, 9.17) is 0 Å². The van der Waals surface area contributed by atoms with Crippen molar-refractivity contribution in [2.75, 3.05) is 31.1 Å². The van der Waals surface area contributed by atoms with E-state index in [-0.39, 0.29) is 0 Å². The summed E-state index contributed by atoms with van der Waals surface area (Å²) in [6, 6.07) is 4.86. The summed E-state index contributed by atoms with van der Waals surface area (Å²) in [4.78, 5) is 13.7. The second-order valence-corrected chi connectivity index (χ2v) is 4.28. The van der Waals surface area contributed by atoms with Crippen LogP contribution in [0, 0.1) is 0 Å². The molecule has 1 amide bonds. The summed E-state index contributed by atoms with van der Waals surface area (Å²) >= 11 is 0. The summed E-state index contributed by atoms with van der Waals surface area (Å²) in [6.07, 6.45) is -5.56. The normalized spacial score (nSPS) is 16.6. The molecule has 1 fully saturated rings. The van der Waals surface area contributed by atoms with Gasteiger partial charge in [-0.15, -0.1) is 0 Å². The van der Waals surface area contributed by atoms with E-state index in [0.29, 0.717) is 31.9 Å². The van der Waals surface area contributed by atoms with E-state index >= 15 is 0 Å². The van der Waals surface area contributed by atoms with Gasteiger partial charge in [-0.3, -0.25) is 0 Å². The van der Waals surface area contributed by atoms with Crippen LogP contribution in [0.4, 0.5) is 23.7 Å². The van der Waals surface area contributed by atoms with Crippen LogP contribution in [0.15, 0.2) is 24.3 Å². The molecule has 1 aromatic carbocycles. The molecule has 0 aliphatic carbocycles. The second-order valence-electron chi connectivity index (χ2n) is 4.28. The topological polar surface area (TPSA) is 46.6 Å². The molecule has 0 bridgehead atoms. The lowest BCUT2D eigenvalue weighted by molar-refractivity contribution is -0.265. The fraction of sp³-hybridized carbons (Fsp3) is 0.417. The molecule has 0 radical (unpaired) electrons.